The van der Waals surface area contributed by atoms with Gasteiger partial charge in [0.2, 0.25) is 0 Å². The van der Waals surface area contributed by atoms with Gasteiger partial charge in [0.25, 0.3) is 0 Å². The van der Waals surface area contributed by atoms with Crippen LogP contribution in [-0.2, 0) is 4.79 Å². The standard InChI is InChI=1S/C14H14Cl2N2O2S/c1-14(2)5-11(14)18-10-4-8(16)7(15)3-9(10)17-13(18)21-6-12(19)20/h3-4,11H,5-6H2,1-2H3,(H,19,20). The Hall–Kier alpha value is -0.910. The number of aliphatic carboxylic acids is 1. The fourth-order valence-electron chi connectivity index (χ4n) is 2.48. The van der Waals surface area contributed by atoms with Crippen LogP contribution in [0.4, 0.5) is 0 Å². The minimum Gasteiger partial charge on any atom is -0.481 e. The first kappa shape index (κ1) is 15.0. The molecule has 2 aromatic rings. The maximum Gasteiger partial charge on any atom is 0.313 e. The van der Waals surface area contributed by atoms with Crippen LogP contribution < -0.4 is 0 Å². The second kappa shape index (κ2) is 5.07. The number of benzene rings is 1. The van der Waals surface area contributed by atoms with Gasteiger partial charge in [-0.15, -0.1) is 0 Å². The molecule has 0 spiro atoms. The smallest absolute Gasteiger partial charge is 0.313 e. The molecule has 1 aromatic heterocycles. The molecule has 1 saturated carbocycles. The van der Waals surface area contributed by atoms with Gasteiger partial charge in [-0.05, 0) is 24.0 Å². The van der Waals surface area contributed by atoms with Gasteiger partial charge in [-0.25, -0.2) is 4.98 Å². The third kappa shape index (κ3) is 2.74. The molecule has 112 valence electrons. The number of imidazole rings is 1. The van der Waals surface area contributed by atoms with Gasteiger partial charge in [-0.3, -0.25) is 4.79 Å². The normalized spacial score (nSPS) is 19.9. The largest absolute Gasteiger partial charge is 0.481 e. The van der Waals surface area contributed by atoms with E-state index in [2.05, 4.69) is 23.4 Å². The average Bonchev–Trinajstić information content (AvgIpc) is 2.86. The van der Waals surface area contributed by atoms with Crippen LogP contribution in [0.2, 0.25) is 10.0 Å². The van der Waals surface area contributed by atoms with Crippen molar-refractivity contribution in [3.63, 3.8) is 0 Å². The minimum atomic E-state index is -0.857. The molecule has 0 aliphatic heterocycles. The number of carbonyl (C=O) groups is 1. The molecule has 1 fully saturated rings. The van der Waals surface area contributed by atoms with Gasteiger partial charge in [-0.1, -0.05) is 48.8 Å². The lowest BCUT2D eigenvalue weighted by atomic mass is 10.2. The van der Waals surface area contributed by atoms with Crippen molar-refractivity contribution in [1.82, 2.24) is 9.55 Å². The number of hydrogen-bond acceptors (Lipinski definition) is 3. The third-order valence-corrected chi connectivity index (χ3v) is 5.46. The van der Waals surface area contributed by atoms with Crippen molar-refractivity contribution in [2.75, 3.05) is 5.75 Å². The quantitative estimate of drug-likeness (QED) is 0.830. The highest BCUT2D eigenvalue weighted by Crippen LogP contribution is 2.57. The van der Waals surface area contributed by atoms with Gasteiger partial charge in [-0.2, -0.15) is 0 Å². The SMILES string of the molecule is CC1(C)CC1n1c(SCC(=O)O)nc2cc(Cl)c(Cl)cc21. The summed E-state index contributed by atoms with van der Waals surface area (Å²) in [6.07, 6.45) is 1.04. The van der Waals surface area contributed by atoms with E-state index in [4.69, 9.17) is 28.3 Å². The maximum atomic E-state index is 10.8. The van der Waals surface area contributed by atoms with E-state index in [0.717, 1.165) is 17.5 Å². The van der Waals surface area contributed by atoms with E-state index in [-0.39, 0.29) is 11.2 Å². The molecule has 4 nitrogen and oxygen atoms in total. The Morgan fingerprint density at radius 2 is 2.10 bits per heavy atom. The molecule has 1 heterocycles. The Bertz CT molecular complexity index is 742. The van der Waals surface area contributed by atoms with Crippen molar-refractivity contribution in [2.24, 2.45) is 5.41 Å². The van der Waals surface area contributed by atoms with Crippen molar-refractivity contribution < 1.29 is 9.90 Å². The summed E-state index contributed by atoms with van der Waals surface area (Å²) in [5.74, 6) is -0.873. The second-order valence-corrected chi connectivity index (χ2v) is 7.67. The molecule has 1 aromatic carbocycles. The van der Waals surface area contributed by atoms with Crippen LogP contribution in [0.1, 0.15) is 26.3 Å². The lowest BCUT2D eigenvalue weighted by Gasteiger charge is -2.10. The van der Waals surface area contributed by atoms with Crippen molar-refractivity contribution >= 4 is 52.0 Å². The topological polar surface area (TPSA) is 55.1 Å². The number of carboxylic acids is 1. The molecular formula is C14H14Cl2N2O2S. The first-order valence-corrected chi connectivity index (χ1v) is 8.25. The second-order valence-electron chi connectivity index (χ2n) is 5.91. The molecule has 21 heavy (non-hydrogen) atoms. The van der Waals surface area contributed by atoms with Crippen LogP contribution in [0.25, 0.3) is 11.0 Å². The predicted octanol–water partition coefficient (Wildman–Crippen LogP) is 4.49. The van der Waals surface area contributed by atoms with E-state index < -0.39 is 5.97 Å². The van der Waals surface area contributed by atoms with E-state index in [1.165, 1.54) is 11.8 Å². The van der Waals surface area contributed by atoms with E-state index in [9.17, 15) is 4.79 Å². The summed E-state index contributed by atoms with van der Waals surface area (Å²) in [5, 5.41) is 10.5. The van der Waals surface area contributed by atoms with Crippen molar-refractivity contribution in [1.29, 1.82) is 0 Å². The number of fused-ring (bicyclic) bond motifs is 1. The number of halogens is 2. The van der Waals surface area contributed by atoms with Crippen molar-refractivity contribution in [3.05, 3.63) is 22.2 Å². The molecule has 1 atom stereocenters. The Morgan fingerprint density at radius 1 is 1.48 bits per heavy atom. The molecule has 0 saturated heterocycles. The summed E-state index contributed by atoms with van der Waals surface area (Å²) in [4.78, 5) is 15.4. The summed E-state index contributed by atoms with van der Waals surface area (Å²) in [7, 11) is 0. The van der Waals surface area contributed by atoms with Gasteiger partial charge < -0.3 is 9.67 Å². The first-order valence-electron chi connectivity index (χ1n) is 6.51. The average molecular weight is 345 g/mol. The molecule has 0 radical (unpaired) electrons. The molecule has 1 unspecified atom stereocenters. The van der Waals surface area contributed by atoms with E-state index >= 15 is 0 Å². The summed E-state index contributed by atoms with van der Waals surface area (Å²) >= 11 is 13.4. The number of carboxylic acid groups (broad SMARTS) is 1. The van der Waals surface area contributed by atoms with Crippen molar-refractivity contribution in [3.8, 4) is 0 Å². The van der Waals surface area contributed by atoms with Gasteiger partial charge in [0.05, 0.1) is 26.8 Å². The Labute approximate surface area is 136 Å². The van der Waals surface area contributed by atoms with Gasteiger partial charge >= 0.3 is 5.97 Å². The molecule has 0 bridgehead atoms. The summed E-state index contributed by atoms with van der Waals surface area (Å²) in [6.45, 7) is 4.37. The lowest BCUT2D eigenvalue weighted by Crippen LogP contribution is -2.04. The van der Waals surface area contributed by atoms with Gasteiger partial charge in [0, 0.05) is 6.04 Å². The number of hydrogen-bond donors (Lipinski definition) is 1. The highest BCUT2D eigenvalue weighted by molar-refractivity contribution is 7.99. The first-order chi connectivity index (χ1) is 9.79. The zero-order valence-electron chi connectivity index (χ0n) is 11.6. The summed E-state index contributed by atoms with van der Waals surface area (Å²) < 4.78 is 2.10. The van der Waals surface area contributed by atoms with Crippen molar-refractivity contribution in [2.45, 2.75) is 31.5 Å². The van der Waals surface area contributed by atoms with Crippen LogP contribution >= 0.6 is 35.0 Å². The molecule has 0 amide bonds. The minimum absolute atomic E-state index is 0.0159. The zero-order valence-corrected chi connectivity index (χ0v) is 13.9. The Balaban J connectivity index is 2.12. The van der Waals surface area contributed by atoms with Crippen LogP contribution in [0.15, 0.2) is 17.3 Å². The van der Waals surface area contributed by atoms with Crippen LogP contribution in [-0.4, -0.2) is 26.4 Å². The van der Waals surface area contributed by atoms with Gasteiger partial charge in [0.15, 0.2) is 5.16 Å². The summed E-state index contributed by atoms with van der Waals surface area (Å²) in [5.41, 5.74) is 1.85. The predicted molar refractivity (Wildman–Crippen MR) is 85.5 cm³/mol. The van der Waals surface area contributed by atoms with E-state index in [0.29, 0.717) is 21.2 Å². The molecular weight excluding hydrogens is 331 g/mol. The zero-order chi connectivity index (χ0) is 15.4. The fraction of sp³-hybridized carbons (Fsp3) is 0.429. The van der Waals surface area contributed by atoms with Crippen LogP contribution in [0.3, 0.4) is 0 Å². The fourth-order valence-corrected chi connectivity index (χ4v) is 3.57. The molecule has 1 aliphatic carbocycles. The van der Waals surface area contributed by atoms with Gasteiger partial charge in [0.1, 0.15) is 0 Å². The number of thioether (sulfide) groups is 1. The molecule has 1 N–H and O–H groups in total. The molecule has 3 rings (SSSR count). The molecule has 7 heteroatoms. The third-order valence-electron chi connectivity index (χ3n) is 3.80. The Morgan fingerprint density at radius 3 is 2.67 bits per heavy atom. The monoisotopic (exact) mass is 344 g/mol. The number of rotatable bonds is 4. The lowest BCUT2D eigenvalue weighted by molar-refractivity contribution is -0.133. The molecule has 1 aliphatic rings. The summed E-state index contributed by atoms with van der Waals surface area (Å²) in [6, 6.07) is 3.86. The maximum absolute atomic E-state index is 10.8. The van der Waals surface area contributed by atoms with Crippen LogP contribution in [0, 0.1) is 5.41 Å². The van der Waals surface area contributed by atoms with Crippen LogP contribution in [0.5, 0.6) is 0 Å². The highest BCUT2D eigenvalue weighted by atomic mass is 35.5. The number of nitrogens with zero attached hydrogens (tertiary/aromatic N) is 2. The Kier molecular flexibility index (Phi) is 3.62. The van der Waals surface area contributed by atoms with E-state index in [1.807, 2.05) is 6.07 Å². The number of aromatic nitrogens is 2. The highest BCUT2D eigenvalue weighted by Gasteiger charge is 2.48. The van der Waals surface area contributed by atoms with E-state index in [1.54, 1.807) is 6.07 Å².